The second-order valence-electron chi connectivity index (χ2n) is 6.32. The van der Waals surface area contributed by atoms with Gasteiger partial charge in [0.1, 0.15) is 5.75 Å². The van der Waals surface area contributed by atoms with E-state index in [1.165, 1.54) is 26.2 Å². The van der Waals surface area contributed by atoms with E-state index in [0.29, 0.717) is 28.7 Å². The van der Waals surface area contributed by atoms with Gasteiger partial charge < -0.3 is 14.6 Å². The third kappa shape index (κ3) is 4.98. The van der Waals surface area contributed by atoms with Gasteiger partial charge in [0, 0.05) is 32.3 Å². The van der Waals surface area contributed by atoms with Crippen molar-refractivity contribution in [1.82, 2.24) is 14.4 Å². The Morgan fingerprint density at radius 3 is 2.62 bits per heavy atom. The number of carbonyl (C=O) groups excluding carboxylic acids is 1. The van der Waals surface area contributed by atoms with Crippen LogP contribution in [0.4, 0.5) is 5.69 Å². The van der Waals surface area contributed by atoms with E-state index in [2.05, 4.69) is 15.5 Å². The van der Waals surface area contributed by atoms with Crippen LogP contribution in [0, 0.1) is 6.92 Å². The zero-order valence-corrected chi connectivity index (χ0v) is 16.9. The van der Waals surface area contributed by atoms with Crippen LogP contribution < -0.4 is 10.1 Å². The highest BCUT2D eigenvalue weighted by molar-refractivity contribution is 7.89. The molecule has 0 atom stereocenters. The summed E-state index contributed by atoms with van der Waals surface area (Å²) in [7, 11) is -0.703. The zero-order valence-electron chi connectivity index (χ0n) is 16.1. The number of aryl methyl sites for hydroxylation is 1. The van der Waals surface area contributed by atoms with E-state index in [0.717, 1.165) is 4.31 Å². The number of anilines is 1. The third-order valence-corrected chi connectivity index (χ3v) is 5.70. The van der Waals surface area contributed by atoms with E-state index in [1.807, 2.05) is 0 Å². The number of sulfonamides is 1. The fourth-order valence-corrected chi connectivity index (χ4v) is 3.38. The summed E-state index contributed by atoms with van der Waals surface area (Å²) < 4.78 is 36.0. The van der Waals surface area contributed by atoms with Gasteiger partial charge in [-0.1, -0.05) is 23.4 Å². The average Bonchev–Trinajstić information content (AvgIpc) is 3.13. The van der Waals surface area contributed by atoms with Gasteiger partial charge in [-0.2, -0.15) is 4.98 Å². The molecule has 152 valence electrons. The Morgan fingerprint density at radius 2 is 1.93 bits per heavy atom. The molecule has 3 aromatic rings. The highest BCUT2D eigenvalue weighted by Crippen LogP contribution is 2.22. The number of nitrogens with zero attached hydrogens (tertiary/aromatic N) is 3. The molecule has 1 amide bonds. The molecule has 0 spiro atoms. The zero-order chi connectivity index (χ0) is 21.0. The Hall–Kier alpha value is -3.24. The van der Waals surface area contributed by atoms with Crippen LogP contribution in [0.1, 0.15) is 5.89 Å². The number of carbonyl (C=O) groups is 1. The molecule has 1 heterocycles. The lowest BCUT2D eigenvalue weighted by atomic mass is 10.2. The van der Waals surface area contributed by atoms with Crippen molar-refractivity contribution in [2.75, 3.05) is 26.0 Å². The van der Waals surface area contributed by atoms with Gasteiger partial charge in [0.25, 0.3) is 5.91 Å². The number of nitrogens with one attached hydrogen (secondary N) is 1. The third-order valence-electron chi connectivity index (χ3n) is 3.89. The van der Waals surface area contributed by atoms with Crippen molar-refractivity contribution in [3.8, 4) is 17.1 Å². The van der Waals surface area contributed by atoms with Crippen molar-refractivity contribution >= 4 is 21.6 Å². The van der Waals surface area contributed by atoms with Crippen molar-refractivity contribution in [2.45, 2.75) is 11.8 Å². The topological polar surface area (TPSA) is 115 Å². The molecule has 0 unspecified atom stereocenters. The summed E-state index contributed by atoms with van der Waals surface area (Å²) in [5.74, 6) is 0.912. The van der Waals surface area contributed by atoms with Crippen molar-refractivity contribution in [1.29, 1.82) is 0 Å². The van der Waals surface area contributed by atoms with Crippen LogP contribution in [0.25, 0.3) is 11.4 Å². The number of amides is 1. The summed E-state index contributed by atoms with van der Waals surface area (Å²) in [6.07, 6.45) is 0. The van der Waals surface area contributed by atoms with Crippen LogP contribution in [0.3, 0.4) is 0 Å². The first-order chi connectivity index (χ1) is 13.8. The van der Waals surface area contributed by atoms with Crippen molar-refractivity contribution < 1.29 is 22.5 Å². The minimum atomic E-state index is -3.59. The Kier molecular flexibility index (Phi) is 5.95. The molecule has 0 aliphatic heterocycles. The van der Waals surface area contributed by atoms with E-state index in [-0.39, 0.29) is 11.5 Å². The van der Waals surface area contributed by atoms with E-state index in [9.17, 15) is 13.2 Å². The first-order valence-corrected chi connectivity index (χ1v) is 10.1. The molecule has 29 heavy (non-hydrogen) atoms. The maximum atomic E-state index is 12.2. The molecule has 0 saturated heterocycles. The van der Waals surface area contributed by atoms with Gasteiger partial charge in [-0.05, 0) is 30.3 Å². The fraction of sp³-hybridized carbons (Fsp3) is 0.211. The SMILES string of the molecule is Cc1nc(-c2cccc(OCC(=O)Nc3cccc(S(=O)(=O)N(C)C)c3)c2)no1. The normalized spacial score (nSPS) is 11.4. The second-order valence-corrected chi connectivity index (χ2v) is 8.47. The standard InChI is InChI=1S/C19H20N4O5S/c1-13-20-19(22-28-13)14-6-4-8-16(10-14)27-12-18(24)21-15-7-5-9-17(11-15)29(25,26)23(2)3/h4-11H,12H2,1-3H3,(H,21,24). The number of hydrogen-bond donors (Lipinski definition) is 1. The summed E-state index contributed by atoms with van der Waals surface area (Å²) in [6.45, 7) is 1.44. The Bertz CT molecular complexity index is 1120. The highest BCUT2D eigenvalue weighted by Gasteiger charge is 2.17. The molecule has 1 N–H and O–H groups in total. The molecule has 1 aromatic heterocycles. The molecule has 0 saturated carbocycles. The van der Waals surface area contributed by atoms with Crippen LogP contribution in [-0.4, -0.2) is 49.5 Å². The minimum Gasteiger partial charge on any atom is -0.484 e. The van der Waals surface area contributed by atoms with Crippen LogP contribution in [0.15, 0.2) is 57.9 Å². The lowest BCUT2D eigenvalue weighted by molar-refractivity contribution is -0.118. The smallest absolute Gasteiger partial charge is 0.262 e. The maximum absolute atomic E-state index is 12.2. The molecule has 0 aliphatic rings. The summed E-state index contributed by atoms with van der Waals surface area (Å²) in [6, 6.07) is 13.0. The lowest BCUT2D eigenvalue weighted by Gasteiger charge is -2.13. The van der Waals surface area contributed by atoms with Gasteiger partial charge in [-0.25, -0.2) is 12.7 Å². The molecule has 10 heteroatoms. The van der Waals surface area contributed by atoms with Crippen LogP contribution >= 0.6 is 0 Å². The number of hydrogen-bond acceptors (Lipinski definition) is 7. The average molecular weight is 416 g/mol. The van der Waals surface area contributed by atoms with Crippen LogP contribution in [0.2, 0.25) is 0 Å². The van der Waals surface area contributed by atoms with Crippen LogP contribution in [0.5, 0.6) is 5.75 Å². The molecule has 0 radical (unpaired) electrons. The van der Waals surface area contributed by atoms with Gasteiger partial charge >= 0.3 is 0 Å². The van der Waals surface area contributed by atoms with Gasteiger partial charge in [-0.15, -0.1) is 0 Å². The summed E-state index contributed by atoms with van der Waals surface area (Å²) in [4.78, 5) is 16.4. The quantitative estimate of drug-likeness (QED) is 0.628. The molecule has 0 fully saturated rings. The summed E-state index contributed by atoms with van der Waals surface area (Å²) in [5.41, 5.74) is 1.05. The molecular formula is C19H20N4O5S. The van der Waals surface area contributed by atoms with E-state index in [4.69, 9.17) is 9.26 Å². The first-order valence-electron chi connectivity index (χ1n) is 8.62. The number of rotatable bonds is 7. The number of benzene rings is 2. The second kappa shape index (κ2) is 8.41. The first kappa shape index (κ1) is 20.5. The van der Waals surface area contributed by atoms with Crippen LogP contribution in [-0.2, 0) is 14.8 Å². The van der Waals surface area contributed by atoms with Gasteiger partial charge in [0.05, 0.1) is 4.90 Å². The number of aromatic nitrogens is 2. The Balaban J connectivity index is 1.64. The highest BCUT2D eigenvalue weighted by atomic mass is 32.2. The molecule has 0 aliphatic carbocycles. The predicted molar refractivity (Wildman–Crippen MR) is 106 cm³/mol. The fourth-order valence-electron chi connectivity index (χ4n) is 2.43. The summed E-state index contributed by atoms with van der Waals surface area (Å²) in [5, 5.41) is 6.47. The van der Waals surface area contributed by atoms with E-state index < -0.39 is 15.9 Å². The summed E-state index contributed by atoms with van der Waals surface area (Å²) >= 11 is 0. The maximum Gasteiger partial charge on any atom is 0.262 e. The van der Waals surface area contributed by atoms with Crippen molar-refractivity contribution in [3.05, 3.63) is 54.4 Å². The van der Waals surface area contributed by atoms with E-state index >= 15 is 0 Å². The lowest BCUT2D eigenvalue weighted by Crippen LogP contribution is -2.23. The molecule has 3 rings (SSSR count). The van der Waals surface area contributed by atoms with E-state index in [1.54, 1.807) is 43.3 Å². The van der Waals surface area contributed by atoms with Gasteiger partial charge in [-0.3, -0.25) is 4.79 Å². The number of ether oxygens (including phenoxy) is 1. The molecular weight excluding hydrogens is 396 g/mol. The Labute approximate surface area is 168 Å². The van der Waals surface area contributed by atoms with Gasteiger partial charge in [0.15, 0.2) is 6.61 Å². The molecule has 0 bridgehead atoms. The van der Waals surface area contributed by atoms with Gasteiger partial charge in [0.2, 0.25) is 21.7 Å². The van der Waals surface area contributed by atoms with Crippen molar-refractivity contribution in [3.63, 3.8) is 0 Å². The molecule has 9 nitrogen and oxygen atoms in total. The predicted octanol–water partition coefficient (Wildman–Crippen LogP) is 2.31. The monoisotopic (exact) mass is 416 g/mol. The largest absolute Gasteiger partial charge is 0.484 e. The molecule has 2 aromatic carbocycles. The Morgan fingerprint density at radius 1 is 1.17 bits per heavy atom. The minimum absolute atomic E-state index is 0.0873. The van der Waals surface area contributed by atoms with Crippen molar-refractivity contribution in [2.24, 2.45) is 0 Å².